The van der Waals surface area contributed by atoms with Crippen LogP contribution >= 0.6 is 0 Å². The van der Waals surface area contributed by atoms with Gasteiger partial charge in [0.15, 0.2) is 5.78 Å². The second-order valence-electron chi connectivity index (χ2n) is 3.83. The van der Waals surface area contributed by atoms with Crippen LogP contribution in [-0.2, 0) is 0 Å². The van der Waals surface area contributed by atoms with Crippen molar-refractivity contribution >= 4 is 16.7 Å². The summed E-state index contributed by atoms with van der Waals surface area (Å²) >= 11 is 0. The van der Waals surface area contributed by atoms with Crippen molar-refractivity contribution in [3.8, 4) is 0 Å². The van der Waals surface area contributed by atoms with E-state index in [1.54, 1.807) is 6.20 Å². The van der Waals surface area contributed by atoms with Crippen molar-refractivity contribution in [2.75, 3.05) is 0 Å². The lowest BCUT2D eigenvalue weighted by Crippen LogP contribution is -2.01. The molecule has 3 aromatic rings. The standard InChI is InChI=1S/C14H10N2O/c17-14(10-5-2-1-3-6-10)12-8-4-7-11-9-15-16-13(11)12/h1-9H,(H,15,16). The number of hydrogen-bond donors (Lipinski definition) is 1. The number of fused-ring (bicyclic) bond motifs is 1. The van der Waals surface area contributed by atoms with Gasteiger partial charge in [-0.15, -0.1) is 0 Å². The molecule has 0 saturated heterocycles. The highest BCUT2D eigenvalue weighted by Gasteiger charge is 2.12. The molecule has 3 rings (SSSR count). The maximum absolute atomic E-state index is 12.3. The Balaban J connectivity index is 2.16. The maximum Gasteiger partial charge on any atom is 0.195 e. The molecule has 17 heavy (non-hydrogen) atoms. The number of H-pyrrole nitrogens is 1. The minimum absolute atomic E-state index is 0.0143. The van der Waals surface area contributed by atoms with Crippen molar-refractivity contribution in [1.82, 2.24) is 10.2 Å². The summed E-state index contributed by atoms with van der Waals surface area (Å²) in [6, 6.07) is 14.9. The number of benzene rings is 2. The van der Waals surface area contributed by atoms with Crippen molar-refractivity contribution in [3.63, 3.8) is 0 Å². The number of carbonyl (C=O) groups is 1. The van der Waals surface area contributed by atoms with Crippen LogP contribution in [0.2, 0.25) is 0 Å². The van der Waals surface area contributed by atoms with E-state index in [1.807, 2.05) is 48.5 Å². The van der Waals surface area contributed by atoms with Crippen molar-refractivity contribution in [1.29, 1.82) is 0 Å². The normalized spacial score (nSPS) is 10.6. The molecule has 0 spiro atoms. The summed E-state index contributed by atoms with van der Waals surface area (Å²) in [5.41, 5.74) is 2.14. The van der Waals surface area contributed by atoms with Gasteiger partial charge < -0.3 is 0 Å². The van der Waals surface area contributed by atoms with Gasteiger partial charge >= 0.3 is 0 Å². The number of carbonyl (C=O) groups excluding carboxylic acids is 1. The minimum atomic E-state index is 0.0143. The Labute approximate surface area is 98.1 Å². The molecular weight excluding hydrogens is 212 g/mol. The third kappa shape index (κ3) is 1.61. The van der Waals surface area contributed by atoms with Crippen LogP contribution in [-0.4, -0.2) is 16.0 Å². The van der Waals surface area contributed by atoms with Gasteiger partial charge in [-0.05, 0) is 6.07 Å². The summed E-state index contributed by atoms with van der Waals surface area (Å²) in [7, 11) is 0. The first-order valence-electron chi connectivity index (χ1n) is 5.38. The molecule has 0 radical (unpaired) electrons. The molecule has 0 fully saturated rings. The van der Waals surface area contributed by atoms with Gasteiger partial charge in [-0.2, -0.15) is 5.10 Å². The zero-order valence-electron chi connectivity index (χ0n) is 9.05. The molecule has 3 heteroatoms. The van der Waals surface area contributed by atoms with E-state index in [4.69, 9.17) is 0 Å². The highest BCUT2D eigenvalue weighted by Crippen LogP contribution is 2.18. The number of para-hydroxylation sites is 1. The summed E-state index contributed by atoms with van der Waals surface area (Å²) in [6.45, 7) is 0. The molecule has 1 N–H and O–H groups in total. The zero-order chi connectivity index (χ0) is 11.7. The van der Waals surface area contributed by atoms with Gasteiger partial charge in [0, 0.05) is 16.5 Å². The SMILES string of the molecule is O=C(c1ccccc1)c1cccc2cn[nH]c12. The number of aromatic amines is 1. The molecular formula is C14H10N2O. The molecule has 1 heterocycles. The molecule has 0 aliphatic heterocycles. The van der Waals surface area contributed by atoms with Gasteiger partial charge in [-0.3, -0.25) is 9.89 Å². The van der Waals surface area contributed by atoms with E-state index in [0.29, 0.717) is 11.1 Å². The Morgan fingerprint density at radius 3 is 2.65 bits per heavy atom. The molecule has 1 aromatic heterocycles. The fraction of sp³-hybridized carbons (Fsp3) is 0. The molecule has 82 valence electrons. The molecule has 0 unspecified atom stereocenters. The van der Waals surface area contributed by atoms with Crippen LogP contribution in [0, 0.1) is 0 Å². The maximum atomic E-state index is 12.3. The summed E-state index contributed by atoms with van der Waals surface area (Å²) < 4.78 is 0. The molecule has 0 bridgehead atoms. The van der Waals surface area contributed by atoms with Crippen LogP contribution in [0.25, 0.3) is 10.9 Å². The van der Waals surface area contributed by atoms with Crippen molar-refractivity contribution < 1.29 is 4.79 Å². The molecule has 0 aliphatic carbocycles. The van der Waals surface area contributed by atoms with Gasteiger partial charge in [0.25, 0.3) is 0 Å². The Morgan fingerprint density at radius 2 is 1.82 bits per heavy atom. The van der Waals surface area contributed by atoms with Crippen molar-refractivity contribution in [3.05, 3.63) is 65.9 Å². The van der Waals surface area contributed by atoms with Gasteiger partial charge in [-0.25, -0.2) is 0 Å². The molecule has 3 nitrogen and oxygen atoms in total. The van der Waals surface area contributed by atoms with E-state index < -0.39 is 0 Å². The van der Waals surface area contributed by atoms with Gasteiger partial charge in [0.1, 0.15) is 0 Å². The van der Waals surface area contributed by atoms with Gasteiger partial charge in [0.2, 0.25) is 0 Å². The van der Waals surface area contributed by atoms with Crippen molar-refractivity contribution in [2.24, 2.45) is 0 Å². The third-order valence-corrected chi connectivity index (χ3v) is 2.76. The largest absolute Gasteiger partial charge is 0.289 e. The van der Waals surface area contributed by atoms with E-state index in [-0.39, 0.29) is 5.78 Å². The summed E-state index contributed by atoms with van der Waals surface area (Å²) in [5, 5.41) is 7.78. The number of nitrogens with zero attached hydrogens (tertiary/aromatic N) is 1. The second-order valence-corrected chi connectivity index (χ2v) is 3.83. The highest BCUT2D eigenvalue weighted by molar-refractivity contribution is 6.15. The monoisotopic (exact) mass is 222 g/mol. The van der Waals surface area contributed by atoms with E-state index in [0.717, 1.165) is 10.9 Å². The molecule has 0 atom stereocenters. The van der Waals surface area contributed by atoms with Crippen LogP contribution in [0.4, 0.5) is 0 Å². The molecule has 2 aromatic carbocycles. The number of hydrogen-bond acceptors (Lipinski definition) is 2. The predicted octanol–water partition coefficient (Wildman–Crippen LogP) is 2.79. The van der Waals surface area contributed by atoms with Crippen molar-refractivity contribution in [2.45, 2.75) is 0 Å². The van der Waals surface area contributed by atoms with Gasteiger partial charge in [0.05, 0.1) is 11.7 Å². The Hall–Kier alpha value is -2.42. The number of nitrogens with one attached hydrogen (secondary N) is 1. The molecule has 0 saturated carbocycles. The van der Waals surface area contributed by atoms with Crippen LogP contribution in [0.3, 0.4) is 0 Å². The minimum Gasteiger partial charge on any atom is -0.289 e. The smallest absolute Gasteiger partial charge is 0.195 e. The first-order valence-corrected chi connectivity index (χ1v) is 5.38. The summed E-state index contributed by atoms with van der Waals surface area (Å²) in [4.78, 5) is 12.3. The lowest BCUT2D eigenvalue weighted by molar-refractivity contribution is 0.104. The fourth-order valence-corrected chi connectivity index (χ4v) is 1.90. The number of ketones is 1. The lowest BCUT2D eigenvalue weighted by Gasteiger charge is -2.01. The molecule has 0 amide bonds. The first-order chi connectivity index (χ1) is 8.36. The zero-order valence-corrected chi connectivity index (χ0v) is 9.05. The van der Waals surface area contributed by atoms with Crippen LogP contribution in [0.1, 0.15) is 15.9 Å². The van der Waals surface area contributed by atoms with E-state index >= 15 is 0 Å². The second kappa shape index (κ2) is 3.87. The first kappa shape index (κ1) is 9.78. The van der Waals surface area contributed by atoms with E-state index in [1.165, 1.54) is 0 Å². The van der Waals surface area contributed by atoms with Crippen LogP contribution < -0.4 is 0 Å². The lowest BCUT2D eigenvalue weighted by atomic mass is 10.0. The van der Waals surface area contributed by atoms with Gasteiger partial charge in [-0.1, -0.05) is 42.5 Å². The summed E-state index contributed by atoms with van der Waals surface area (Å²) in [6.07, 6.45) is 1.72. The highest BCUT2D eigenvalue weighted by atomic mass is 16.1. The van der Waals surface area contributed by atoms with E-state index in [2.05, 4.69) is 10.2 Å². The summed E-state index contributed by atoms with van der Waals surface area (Å²) in [5.74, 6) is 0.0143. The topological polar surface area (TPSA) is 45.8 Å². The average molecular weight is 222 g/mol. The number of rotatable bonds is 2. The molecule has 0 aliphatic rings. The third-order valence-electron chi connectivity index (χ3n) is 2.76. The Bertz CT molecular complexity index is 671. The van der Waals surface area contributed by atoms with Crippen LogP contribution in [0.15, 0.2) is 54.7 Å². The van der Waals surface area contributed by atoms with Crippen LogP contribution in [0.5, 0.6) is 0 Å². The van der Waals surface area contributed by atoms with E-state index in [9.17, 15) is 4.79 Å². The quantitative estimate of drug-likeness (QED) is 0.677. The predicted molar refractivity (Wildman–Crippen MR) is 66.0 cm³/mol. The average Bonchev–Trinajstić information content (AvgIpc) is 2.87. The Morgan fingerprint density at radius 1 is 1.00 bits per heavy atom. The Kier molecular flexibility index (Phi) is 2.22. The fourth-order valence-electron chi connectivity index (χ4n) is 1.90. The number of aromatic nitrogens is 2.